The minimum Gasteiger partial charge on any atom is -0.294 e. The van der Waals surface area contributed by atoms with Gasteiger partial charge < -0.3 is 0 Å². The lowest BCUT2D eigenvalue weighted by Crippen LogP contribution is -2.49. The van der Waals surface area contributed by atoms with E-state index in [1.807, 2.05) is 24.3 Å². The molecule has 2 rings (SSSR count). The summed E-state index contributed by atoms with van der Waals surface area (Å²) in [5.41, 5.74) is 2.11. The van der Waals surface area contributed by atoms with Gasteiger partial charge in [-0.05, 0) is 30.0 Å². The van der Waals surface area contributed by atoms with Crippen LogP contribution in [0.5, 0.6) is 0 Å². The van der Waals surface area contributed by atoms with Crippen molar-refractivity contribution in [2.24, 2.45) is 0 Å². The number of nitrogens with zero attached hydrogens (tertiary/aromatic N) is 1. The second kappa shape index (κ2) is 5.21. The standard InChI is InChI=1S/C14H18N2O2.H2/c1-3-10(2)11-4-6-12(7-5-11)16-9-8-13(17)15-14(16)18;/h4-7,10H,3,8-9H2,1-2H3,(H,15,17,18);1H. The van der Waals surface area contributed by atoms with Crippen molar-refractivity contribution < 1.29 is 11.0 Å². The molecule has 0 bridgehead atoms. The highest BCUT2D eigenvalue weighted by Gasteiger charge is 2.23. The Kier molecular flexibility index (Phi) is 3.65. The predicted molar refractivity (Wildman–Crippen MR) is 72.8 cm³/mol. The minimum absolute atomic E-state index is 0. The van der Waals surface area contributed by atoms with Crippen LogP contribution in [0, 0.1) is 0 Å². The number of benzene rings is 1. The van der Waals surface area contributed by atoms with E-state index in [1.54, 1.807) is 4.90 Å². The molecular weight excluding hydrogens is 228 g/mol. The zero-order valence-electron chi connectivity index (χ0n) is 10.8. The second-order valence-corrected chi connectivity index (χ2v) is 4.66. The molecule has 1 unspecified atom stereocenters. The third kappa shape index (κ3) is 2.53. The maximum Gasteiger partial charge on any atom is 0.328 e. The summed E-state index contributed by atoms with van der Waals surface area (Å²) in [5, 5.41) is 2.32. The molecule has 1 heterocycles. The van der Waals surface area contributed by atoms with Gasteiger partial charge in [0.1, 0.15) is 0 Å². The Bertz CT molecular complexity index is 459. The maximum atomic E-state index is 11.7. The predicted octanol–water partition coefficient (Wildman–Crippen LogP) is 2.89. The van der Waals surface area contributed by atoms with Gasteiger partial charge in [0.15, 0.2) is 0 Å². The molecule has 1 aromatic rings. The molecule has 4 nitrogen and oxygen atoms in total. The molecule has 0 aromatic heterocycles. The Morgan fingerprint density at radius 3 is 2.56 bits per heavy atom. The van der Waals surface area contributed by atoms with E-state index >= 15 is 0 Å². The van der Waals surface area contributed by atoms with E-state index in [0.29, 0.717) is 18.9 Å². The minimum atomic E-state index is -0.331. The van der Waals surface area contributed by atoms with Crippen molar-refractivity contribution in [3.05, 3.63) is 29.8 Å². The van der Waals surface area contributed by atoms with Crippen molar-refractivity contribution in [3.63, 3.8) is 0 Å². The number of rotatable bonds is 3. The largest absolute Gasteiger partial charge is 0.328 e. The Morgan fingerprint density at radius 2 is 2.00 bits per heavy atom. The molecule has 1 aromatic carbocycles. The molecule has 1 aliphatic rings. The lowest BCUT2D eigenvalue weighted by atomic mass is 9.98. The molecule has 1 saturated heterocycles. The van der Waals surface area contributed by atoms with Gasteiger partial charge in [-0.25, -0.2) is 4.79 Å². The number of carbonyl (C=O) groups is 2. The van der Waals surface area contributed by atoms with Crippen molar-refractivity contribution in [1.29, 1.82) is 0 Å². The summed E-state index contributed by atoms with van der Waals surface area (Å²) in [4.78, 5) is 24.3. The summed E-state index contributed by atoms with van der Waals surface area (Å²) >= 11 is 0. The van der Waals surface area contributed by atoms with Gasteiger partial charge in [-0.3, -0.25) is 15.0 Å². The van der Waals surface area contributed by atoms with Crippen molar-refractivity contribution in [1.82, 2.24) is 5.32 Å². The monoisotopic (exact) mass is 248 g/mol. The Labute approximate surface area is 108 Å². The number of urea groups is 1. The third-order valence-corrected chi connectivity index (χ3v) is 3.44. The van der Waals surface area contributed by atoms with Crippen LogP contribution in [0.2, 0.25) is 0 Å². The maximum absolute atomic E-state index is 11.7. The first-order valence-corrected chi connectivity index (χ1v) is 6.33. The highest BCUT2D eigenvalue weighted by molar-refractivity contribution is 6.05. The summed E-state index contributed by atoms with van der Waals surface area (Å²) in [7, 11) is 0. The van der Waals surface area contributed by atoms with E-state index < -0.39 is 0 Å². The van der Waals surface area contributed by atoms with Crippen LogP contribution in [0.15, 0.2) is 24.3 Å². The molecule has 1 fully saturated rings. The summed E-state index contributed by atoms with van der Waals surface area (Å²) < 4.78 is 0. The zero-order valence-corrected chi connectivity index (χ0v) is 10.8. The van der Waals surface area contributed by atoms with E-state index in [1.165, 1.54) is 5.56 Å². The molecular formula is C14H20N2O2. The van der Waals surface area contributed by atoms with Gasteiger partial charge in [-0.1, -0.05) is 26.0 Å². The van der Waals surface area contributed by atoms with Crippen molar-refractivity contribution in [2.45, 2.75) is 32.6 Å². The number of nitrogens with one attached hydrogen (secondary N) is 1. The molecule has 0 saturated carbocycles. The van der Waals surface area contributed by atoms with E-state index in [0.717, 1.165) is 12.1 Å². The van der Waals surface area contributed by atoms with E-state index in [2.05, 4.69) is 19.2 Å². The number of carbonyl (C=O) groups excluding carboxylic acids is 2. The fourth-order valence-electron chi connectivity index (χ4n) is 2.03. The topological polar surface area (TPSA) is 49.4 Å². The van der Waals surface area contributed by atoms with Crippen LogP contribution >= 0.6 is 0 Å². The van der Waals surface area contributed by atoms with Gasteiger partial charge in [-0.2, -0.15) is 0 Å². The summed E-state index contributed by atoms with van der Waals surface area (Å²) in [6.07, 6.45) is 1.46. The normalized spacial score (nSPS) is 17.6. The fraction of sp³-hybridized carbons (Fsp3) is 0.429. The first-order valence-electron chi connectivity index (χ1n) is 6.33. The molecule has 0 spiro atoms. The number of anilines is 1. The second-order valence-electron chi connectivity index (χ2n) is 4.66. The summed E-state index contributed by atoms with van der Waals surface area (Å²) in [5.74, 6) is 0.322. The highest BCUT2D eigenvalue weighted by Crippen LogP contribution is 2.23. The van der Waals surface area contributed by atoms with Gasteiger partial charge >= 0.3 is 6.03 Å². The molecule has 1 N–H and O–H groups in total. The van der Waals surface area contributed by atoms with Gasteiger partial charge in [0.05, 0.1) is 0 Å². The number of imide groups is 1. The lowest BCUT2D eigenvalue weighted by molar-refractivity contribution is -0.120. The quantitative estimate of drug-likeness (QED) is 0.894. The van der Waals surface area contributed by atoms with Crippen LogP contribution in [0.4, 0.5) is 10.5 Å². The molecule has 18 heavy (non-hydrogen) atoms. The first kappa shape index (κ1) is 12.6. The molecule has 98 valence electrons. The fourth-order valence-corrected chi connectivity index (χ4v) is 2.03. The SMILES string of the molecule is CCC(C)c1ccc(N2CCC(=O)NC2=O)cc1.[HH]. The van der Waals surface area contributed by atoms with E-state index in [9.17, 15) is 9.59 Å². The third-order valence-electron chi connectivity index (χ3n) is 3.44. The van der Waals surface area contributed by atoms with Crippen LogP contribution in [-0.2, 0) is 4.79 Å². The van der Waals surface area contributed by atoms with Crippen LogP contribution in [0.25, 0.3) is 0 Å². The molecule has 1 atom stereocenters. The average Bonchev–Trinajstić information content (AvgIpc) is 2.38. The van der Waals surface area contributed by atoms with Crippen molar-refractivity contribution in [3.8, 4) is 0 Å². The van der Waals surface area contributed by atoms with Crippen LogP contribution in [0.1, 0.15) is 39.6 Å². The van der Waals surface area contributed by atoms with Crippen LogP contribution < -0.4 is 10.2 Å². The number of amides is 3. The average molecular weight is 248 g/mol. The molecule has 0 radical (unpaired) electrons. The van der Waals surface area contributed by atoms with Gasteiger partial charge in [0.2, 0.25) is 5.91 Å². The Hall–Kier alpha value is -1.84. The van der Waals surface area contributed by atoms with Gasteiger partial charge in [-0.15, -0.1) is 0 Å². The summed E-state index contributed by atoms with van der Waals surface area (Å²) in [6, 6.07) is 7.65. The molecule has 1 aliphatic heterocycles. The summed E-state index contributed by atoms with van der Waals surface area (Å²) in [6.45, 7) is 4.79. The Balaban J connectivity index is 0.00000180. The van der Waals surface area contributed by atoms with Crippen molar-refractivity contribution >= 4 is 17.6 Å². The lowest BCUT2D eigenvalue weighted by Gasteiger charge is -2.26. The van der Waals surface area contributed by atoms with E-state index in [-0.39, 0.29) is 13.4 Å². The first-order chi connectivity index (χ1) is 8.61. The number of hydrogen-bond donors (Lipinski definition) is 1. The molecule has 0 aliphatic carbocycles. The smallest absolute Gasteiger partial charge is 0.294 e. The zero-order chi connectivity index (χ0) is 13.1. The molecule has 4 heteroatoms. The van der Waals surface area contributed by atoms with Gasteiger partial charge in [0.25, 0.3) is 0 Å². The van der Waals surface area contributed by atoms with Crippen LogP contribution in [-0.4, -0.2) is 18.5 Å². The van der Waals surface area contributed by atoms with Crippen molar-refractivity contribution in [2.75, 3.05) is 11.4 Å². The van der Waals surface area contributed by atoms with E-state index in [4.69, 9.17) is 0 Å². The molecule has 3 amide bonds. The highest BCUT2D eigenvalue weighted by atomic mass is 16.2. The van der Waals surface area contributed by atoms with Gasteiger partial charge in [0, 0.05) is 20.1 Å². The number of hydrogen-bond acceptors (Lipinski definition) is 2. The Morgan fingerprint density at radius 1 is 1.33 bits per heavy atom. The van der Waals surface area contributed by atoms with Crippen LogP contribution in [0.3, 0.4) is 0 Å².